The largest absolute Gasteiger partial charge is 0.368 e. The Hall–Kier alpha value is -2.09. The molecule has 0 bridgehead atoms. The summed E-state index contributed by atoms with van der Waals surface area (Å²) in [6.07, 6.45) is 2.98. The van der Waals surface area contributed by atoms with Crippen molar-refractivity contribution in [1.82, 2.24) is 0 Å². The van der Waals surface area contributed by atoms with Crippen LogP contribution in [0.3, 0.4) is 0 Å². The molecule has 1 fully saturated rings. The lowest BCUT2D eigenvalue weighted by molar-refractivity contribution is -0.117. The molecule has 3 rings (SSSR count). The quantitative estimate of drug-likeness (QED) is 0.792. The van der Waals surface area contributed by atoms with Crippen molar-refractivity contribution in [3.63, 3.8) is 0 Å². The smallest absolute Gasteiger partial charge is 0.131 e. The zero-order valence-electron chi connectivity index (χ0n) is 14.0. The first kappa shape index (κ1) is 15.8. The van der Waals surface area contributed by atoms with Crippen LogP contribution in [0.15, 0.2) is 54.6 Å². The maximum Gasteiger partial charge on any atom is 0.131 e. The Labute approximate surface area is 139 Å². The van der Waals surface area contributed by atoms with Gasteiger partial charge in [-0.05, 0) is 43.0 Å². The molecule has 0 saturated carbocycles. The summed E-state index contributed by atoms with van der Waals surface area (Å²) < 4.78 is 0. The Morgan fingerprint density at radius 2 is 1.74 bits per heavy atom. The van der Waals surface area contributed by atoms with Crippen LogP contribution in [-0.4, -0.2) is 18.4 Å². The van der Waals surface area contributed by atoms with Gasteiger partial charge in [0.25, 0.3) is 0 Å². The highest BCUT2D eigenvalue weighted by molar-refractivity contribution is 5.77. The molecule has 2 aromatic rings. The number of hydrogen-bond acceptors (Lipinski definition) is 2. The number of carbonyl (C=O) groups excluding carboxylic acids is 1. The Balaban J connectivity index is 1.75. The van der Waals surface area contributed by atoms with Gasteiger partial charge >= 0.3 is 0 Å². The predicted molar refractivity (Wildman–Crippen MR) is 96.1 cm³/mol. The van der Waals surface area contributed by atoms with Crippen molar-refractivity contribution >= 4 is 11.5 Å². The topological polar surface area (TPSA) is 20.3 Å². The number of nitrogens with zero attached hydrogens (tertiary/aromatic N) is 1. The molecule has 0 N–H and O–H groups in total. The van der Waals surface area contributed by atoms with Crippen molar-refractivity contribution in [2.75, 3.05) is 11.4 Å². The molecule has 1 heterocycles. The van der Waals surface area contributed by atoms with E-state index < -0.39 is 0 Å². The summed E-state index contributed by atoms with van der Waals surface area (Å²) in [5.74, 6) is 0.688. The number of hydrogen-bond donors (Lipinski definition) is 0. The first-order valence-corrected chi connectivity index (χ1v) is 8.56. The van der Waals surface area contributed by atoms with Crippen LogP contribution in [0.25, 0.3) is 0 Å². The Morgan fingerprint density at radius 3 is 2.39 bits per heavy atom. The fourth-order valence-electron chi connectivity index (χ4n) is 3.61. The maximum absolute atomic E-state index is 11.5. The molecule has 0 radical (unpaired) electrons. The van der Waals surface area contributed by atoms with Crippen molar-refractivity contribution < 1.29 is 4.79 Å². The van der Waals surface area contributed by atoms with E-state index in [2.05, 4.69) is 66.4 Å². The molecule has 0 aliphatic carbocycles. The first-order valence-electron chi connectivity index (χ1n) is 8.56. The van der Waals surface area contributed by atoms with E-state index in [1.54, 1.807) is 6.92 Å². The summed E-state index contributed by atoms with van der Waals surface area (Å²) in [6.45, 7) is 5.01. The van der Waals surface area contributed by atoms with E-state index in [4.69, 9.17) is 0 Å². The van der Waals surface area contributed by atoms with Gasteiger partial charge in [0.05, 0.1) is 0 Å². The van der Waals surface area contributed by atoms with Crippen LogP contribution < -0.4 is 4.90 Å². The van der Waals surface area contributed by atoms with Crippen LogP contribution in [0, 0.1) is 0 Å². The van der Waals surface area contributed by atoms with Gasteiger partial charge in [0.2, 0.25) is 0 Å². The lowest BCUT2D eigenvalue weighted by Gasteiger charge is -2.26. The molecule has 0 spiro atoms. The summed E-state index contributed by atoms with van der Waals surface area (Å²) in [7, 11) is 0. The van der Waals surface area contributed by atoms with E-state index >= 15 is 0 Å². The van der Waals surface area contributed by atoms with Crippen molar-refractivity contribution in [1.29, 1.82) is 0 Å². The van der Waals surface area contributed by atoms with Crippen LogP contribution in [0.2, 0.25) is 0 Å². The number of benzene rings is 2. The van der Waals surface area contributed by atoms with E-state index in [0.29, 0.717) is 18.4 Å². The molecule has 1 aliphatic rings. The molecule has 2 unspecified atom stereocenters. The van der Waals surface area contributed by atoms with E-state index in [1.807, 2.05) is 0 Å². The molecular formula is C21H25NO. The number of rotatable bonds is 5. The van der Waals surface area contributed by atoms with Gasteiger partial charge in [-0.1, -0.05) is 49.4 Å². The van der Waals surface area contributed by atoms with E-state index in [9.17, 15) is 4.79 Å². The predicted octanol–water partition coefficient (Wildman–Crippen LogP) is 4.79. The van der Waals surface area contributed by atoms with Crippen molar-refractivity contribution in [2.24, 2.45) is 0 Å². The molecule has 1 aliphatic heterocycles. The summed E-state index contributed by atoms with van der Waals surface area (Å²) >= 11 is 0. The molecule has 2 nitrogen and oxygen atoms in total. The second-order valence-corrected chi connectivity index (χ2v) is 6.62. The summed E-state index contributed by atoms with van der Waals surface area (Å²) in [4.78, 5) is 13.9. The van der Waals surface area contributed by atoms with Crippen LogP contribution in [-0.2, 0) is 4.79 Å². The van der Waals surface area contributed by atoms with Crippen LogP contribution in [0.5, 0.6) is 0 Å². The SMILES string of the molecule is CC(=O)CC1CCCN1c1ccc(C(C)c2ccccc2)cc1. The van der Waals surface area contributed by atoms with Crippen molar-refractivity contribution in [3.8, 4) is 0 Å². The second kappa shape index (κ2) is 6.99. The highest BCUT2D eigenvalue weighted by Gasteiger charge is 2.25. The van der Waals surface area contributed by atoms with Crippen molar-refractivity contribution in [3.05, 3.63) is 65.7 Å². The third-order valence-corrected chi connectivity index (χ3v) is 4.92. The average molecular weight is 307 g/mol. The van der Waals surface area contributed by atoms with E-state index in [0.717, 1.165) is 13.0 Å². The molecule has 0 amide bonds. The number of Topliss-reactive ketones (excluding diaryl/α,β-unsaturated/α-hetero) is 1. The summed E-state index contributed by atoms with van der Waals surface area (Å²) in [5, 5.41) is 0. The van der Waals surface area contributed by atoms with Gasteiger partial charge in [0.15, 0.2) is 0 Å². The lowest BCUT2D eigenvalue weighted by atomic mass is 9.93. The normalized spacial score (nSPS) is 18.9. The van der Waals surface area contributed by atoms with Gasteiger partial charge in [-0.15, -0.1) is 0 Å². The first-order chi connectivity index (χ1) is 11.1. The third-order valence-electron chi connectivity index (χ3n) is 4.92. The molecule has 2 atom stereocenters. The Kier molecular flexibility index (Phi) is 4.80. The average Bonchev–Trinajstić information content (AvgIpc) is 3.02. The van der Waals surface area contributed by atoms with E-state index in [1.165, 1.54) is 23.2 Å². The van der Waals surface area contributed by atoms with Gasteiger partial charge in [-0.3, -0.25) is 4.79 Å². The number of carbonyl (C=O) groups is 1. The summed E-state index contributed by atoms with van der Waals surface area (Å²) in [5.41, 5.74) is 3.93. The fraction of sp³-hybridized carbons (Fsp3) is 0.381. The van der Waals surface area contributed by atoms with E-state index in [-0.39, 0.29) is 5.78 Å². The minimum absolute atomic E-state index is 0.288. The molecule has 120 valence electrons. The van der Waals surface area contributed by atoms with Gasteiger partial charge in [-0.2, -0.15) is 0 Å². The summed E-state index contributed by atoms with van der Waals surface area (Å²) in [6, 6.07) is 19.9. The zero-order chi connectivity index (χ0) is 16.2. The minimum Gasteiger partial charge on any atom is -0.368 e. The monoisotopic (exact) mass is 307 g/mol. The van der Waals surface area contributed by atoms with Crippen LogP contribution in [0.4, 0.5) is 5.69 Å². The lowest BCUT2D eigenvalue weighted by Crippen LogP contribution is -2.30. The number of anilines is 1. The Morgan fingerprint density at radius 1 is 1.09 bits per heavy atom. The molecule has 0 aromatic heterocycles. The highest BCUT2D eigenvalue weighted by atomic mass is 16.1. The van der Waals surface area contributed by atoms with Gasteiger partial charge in [-0.25, -0.2) is 0 Å². The zero-order valence-corrected chi connectivity index (χ0v) is 14.0. The minimum atomic E-state index is 0.288. The molecular weight excluding hydrogens is 282 g/mol. The van der Waals surface area contributed by atoms with Crippen LogP contribution in [0.1, 0.15) is 50.2 Å². The van der Waals surface area contributed by atoms with Crippen LogP contribution >= 0.6 is 0 Å². The highest BCUT2D eigenvalue weighted by Crippen LogP contribution is 2.30. The third kappa shape index (κ3) is 3.64. The van der Waals surface area contributed by atoms with Crippen molar-refractivity contribution in [2.45, 2.75) is 45.1 Å². The van der Waals surface area contributed by atoms with Gasteiger partial charge in [0.1, 0.15) is 5.78 Å². The van der Waals surface area contributed by atoms with Gasteiger partial charge < -0.3 is 4.90 Å². The molecule has 2 heteroatoms. The molecule has 2 aromatic carbocycles. The molecule has 1 saturated heterocycles. The standard InChI is InChI=1S/C21H25NO/c1-16(23)15-21-9-6-14-22(21)20-12-10-19(11-13-20)17(2)18-7-4-3-5-8-18/h3-5,7-8,10-13,17,21H,6,9,14-15H2,1-2H3. The maximum atomic E-state index is 11.5. The fourth-order valence-corrected chi connectivity index (χ4v) is 3.61. The Bertz CT molecular complexity index is 647. The molecule has 23 heavy (non-hydrogen) atoms. The number of ketones is 1. The van der Waals surface area contributed by atoms with Gasteiger partial charge in [0, 0.05) is 30.6 Å². The second-order valence-electron chi connectivity index (χ2n) is 6.62.